The lowest BCUT2D eigenvalue weighted by atomic mass is 10.1. The Morgan fingerprint density at radius 3 is 2.25 bits per heavy atom. The molecule has 5 N–H and O–H groups in total. The van der Waals surface area contributed by atoms with Gasteiger partial charge in [-0.15, -0.1) is 0 Å². The van der Waals surface area contributed by atoms with Gasteiger partial charge in [0.05, 0.1) is 0 Å². The predicted molar refractivity (Wildman–Crippen MR) is 58.3 cm³/mol. The number of carbonyl (C=O) groups is 1. The Morgan fingerprint density at radius 1 is 1.44 bits per heavy atom. The Balaban J connectivity index is 0.000000673. The largest absolute Gasteiger partial charge is 0.508 e. The van der Waals surface area contributed by atoms with Crippen molar-refractivity contribution in [3.63, 3.8) is 0 Å². The van der Waals surface area contributed by atoms with E-state index in [9.17, 15) is 4.79 Å². The third-order valence-corrected chi connectivity index (χ3v) is 1.71. The van der Waals surface area contributed by atoms with Gasteiger partial charge in [-0.3, -0.25) is 4.79 Å². The van der Waals surface area contributed by atoms with Crippen LogP contribution in [-0.4, -0.2) is 26.4 Å². The van der Waals surface area contributed by atoms with Crippen LogP contribution in [-0.2, 0) is 22.7 Å². The molecule has 0 aliphatic carbocycles. The second-order valence-electron chi connectivity index (χ2n) is 2.90. The van der Waals surface area contributed by atoms with Gasteiger partial charge in [-0.25, -0.2) is 4.78 Å². The Bertz CT molecular complexity index is 374. The van der Waals surface area contributed by atoms with Gasteiger partial charge in [0.15, 0.2) is 11.5 Å². The molecule has 1 atom stereocenters. The van der Waals surface area contributed by atoms with Crippen molar-refractivity contribution in [3.8, 4) is 5.75 Å². The van der Waals surface area contributed by atoms with E-state index in [4.69, 9.17) is 24.9 Å². The minimum absolute atomic E-state index is 0.160. The molecule has 0 fully saturated rings. The van der Waals surface area contributed by atoms with E-state index in [2.05, 4.69) is 0 Å². The number of nitrogens with one attached hydrogen (secondary N) is 1. The monoisotopic (exact) mass is 244 g/mol. The van der Waals surface area contributed by atoms with E-state index in [0.29, 0.717) is 0 Å². The van der Waals surface area contributed by atoms with Crippen LogP contribution < -0.4 is 5.73 Å². The number of carboxylic acids is 1. The number of carboxylic acid groups (broad SMARTS) is 1. The molecule has 1 aromatic carbocycles. The minimum atomic E-state index is -1.02. The van der Waals surface area contributed by atoms with Crippen LogP contribution in [0.5, 0.6) is 5.75 Å². The summed E-state index contributed by atoms with van der Waals surface area (Å²) in [4.78, 5) is 10.4. The average Bonchev–Trinajstić information content (AvgIpc) is 2.22. The standard InChI is InChI=1S/C9H11NO3.HNOS/c10-8(9(12)13)5-6-1-3-7(11)4-2-6;1-3-2/h1-4,8,11H,5,10H2,(H,12,13);1H. The number of phenols is 1. The van der Waals surface area contributed by atoms with Gasteiger partial charge in [0, 0.05) is 0 Å². The first-order valence-corrected chi connectivity index (χ1v) is 4.97. The molecule has 0 spiro atoms. The van der Waals surface area contributed by atoms with Gasteiger partial charge in [-0.2, -0.15) is 4.21 Å². The number of benzene rings is 1. The molecule has 0 aromatic heterocycles. The van der Waals surface area contributed by atoms with Crippen LogP contribution >= 0.6 is 0 Å². The predicted octanol–water partition coefficient (Wildman–Crippen LogP) is 0.308. The highest BCUT2D eigenvalue weighted by Crippen LogP contribution is 2.10. The number of hydrogen-bond donors (Lipinski definition) is 4. The first-order valence-electron chi connectivity index (χ1n) is 4.23. The van der Waals surface area contributed by atoms with Crippen molar-refractivity contribution in [1.29, 1.82) is 4.78 Å². The lowest BCUT2D eigenvalue weighted by molar-refractivity contribution is -0.138. The first-order chi connectivity index (χ1) is 7.51. The van der Waals surface area contributed by atoms with Gasteiger partial charge in [-0.1, -0.05) is 12.1 Å². The van der Waals surface area contributed by atoms with Crippen LogP contribution in [0.1, 0.15) is 5.56 Å². The van der Waals surface area contributed by atoms with E-state index in [1.165, 1.54) is 12.1 Å². The molecule has 7 heteroatoms. The maximum atomic E-state index is 10.4. The minimum Gasteiger partial charge on any atom is -0.508 e. The van der Waals surface area contributed by atoms with Gasteiger partial charge >= 0.3 is 5.97 Å². The van der Waals surface area contributed by atoms with Crippen molar-refractivity contribution in [2.75, 3.05) is 0 Å². The summed E-state index contributed by atoms with van der Waals surface area (Å²) >= 11 is -0.250. The molecule has 0 amide bonds. The Labute approximate surface area is 95.8 Å². The molecular weight excluding hydrogens is 232 g/mol. The summed E-state index contributed by atoms with van der Waals surface area (Å²) in [5.74, 6) is -0.860. The van der Waals surface area contributed by atoms with E-state index in [-0.39, 0.29) is 23.6 Å². The van der Waals surface area contributed by atoms with Crippen LogP contribution in [0.25, 0.3) is 0 Å². The molecule has 0 radical (unpaired) electrons. The molecule has 0 bridgehead atoms. The molecule has 88 valence electrons. The van der Waals surface area contributed by atoms with Crippen molar-refractivity contribution in [3.05, 3.63) is 29.8 Å². The fraction of sp³-hybridized carbons (Fsp3) is 0.222. The molecule has 0 heterocycles. The average molecular weight is 244 g/mol. The zero-order chi connectivity index (χ0) is 12.6. The molecule has 1 unspecified atom stereocenters. The van der Waals surface area contributed by atoms with Gasteiger partial charge in [0.1, 0.15) is 11.8 Å². The quantitative estimate of drug-likeness (QED) is 0.609. The van der Waals surface area contributed by atoms with Gasteiger partial charge in [0.25, 0.3) is 0 Å². The third kappa shape index (κ3) is 5.89. The maximum absolute atomic E-state index is 10.4. The summed E-state index contributed by atoms with van der Waals surface area (Å²) < 4.78 is 14.1. The first kappa shape index (κ1) is 14.3. The zero-order valence-electron chi connectivity index (χ0n) is 8.29. The summed E-state index contributed by atoms with van der Waals surface area (Å²) in [6.07, 6.45) is 0.273. The maximum Gasteiger partial charge on any atom is 0.320 e. The van der Waals surface area contributed by atoms with Crippen LogP contribution in [0.3, 0.4) is 0 Å². The smallest absolute Gasteiger partial charge is 0.320 e. The zero-order valence-corrected chi connectivity index (χ0v) is 9.11. The highest BCUT2D eigenvalue weighted by atomic mass is 32.1. The fourth-order valence-corrected chi connectivity index (χ4v) is 0.973. The van der Waals surface area contributed by atoms with Gasteiger partial charge < -0.3 is 15.9 Å². The summed E-state index contributed by atoms with van der Waals surface area (Å²) in [7, 11) is 0. The lowest BCUT2D eigenvalue weighted by Gasteiger charge is -2.05. The van der Waals surface area contributed by atoms with Crippen molar-refractivity contribution >= 4 is 17.4 Å². The molecule has 0 saturated heterocycles. The highest BCUT2D eigenvalue weighted by Gasteiger charge is 2.11. The summed E-state index contributed by atoms with van der Waals surface area (Å²) in [5.41, 5.74) is 6.12. The summed E-state index contributed by atoms with van der Waals surface area (Å²) in [5, 5.41) is 17.5. The van der Waals surface area contributed by atoms with Crippen molar-refractivity contribution in [2.24, 2.45) is 5.73 Å². The van der Waals surface area contributed by atoms with E-state index < -0.39 is 12.0 Å². The summed E-state index contributed by atoms with van der Waals surface area (Å²) in [6.45, 7) is 0. The molecule has 1 aromatic rings. The van der Waals surface area contributed by atoms with Crippen molar-refractivity contribution in [1.82, 2.24) is 0 Å². The van der Waals surface area contributed by atoms with E-state index in [1.807, 2.05) is 0 Å². The number of nitrogens with two attached hydrogens (primary N) is 1. The Kier molecular flexibility index (Phi) is 6.73. The highest BCUT2D eigenvalue weighted by molar-refractivity contribution is 7.53. The Hall–Kier alpha value is -1.73. The third-order valence-electron chi connectivity index (χ3n) is 1.71. The fourth-order valence-electron chi connectivity index (χ4n) is 0.973. The molecule has 0 aliphatic heterocycles. The number of aromatic hydroxyl groups is 1. The molecule has 1 rings (SSSR count). The van der Waals surface area contributed by atoms with Crippen LogP contribution in [0.15, 0.2) is 24.3 Å². The molecule has 6 nitrogen and oxygen atoms in total. The molecular formula is C9H12N2O4S. The molecule has 0 aliphatic rings. The van der Waals surface area contributed by atoms with Gasteiger partial charge in [-0.05, 0) is 24.1 Å². The van der Waals surface area contributed by atoms with Crippen molar-refractivity contribution < 1.29 is 19.2 Å². The van der Waals surface area contributed by atoms with E-state index in [0.717, 1.165) is 5.56 Å². The number of aliphatic carboxylic acids is 1. The topological polar surface area (TPSA) is 124 Å². The summed E-state index contributed by atoms with van der Waals surface area (Å²) in [6, 6.07) is 5.42. The van der Waals surface area contributed by atoms with Crippen LogP contribution in [0.2, 0.25) is 0 Å². The van der Waals surface area contributed by atoms with E-state index in [1.54, 1.807) is 12.1 Å². The molecule has 16 heavy (non-hydrogen) atoms. The molecule has 0 saturated carbocycles. The second-order valence-corrected chi connectivity index (χ2v) is 3.07. The van der Waals surface area contributed by atoms with Crippen LogP contribution in [0.4, 0.5) is 0 Å². The van der Waals surface area contributed by atoms with Crippen LogP contribution in [0, 0.1) is 4.78 Å². The number of hydrogen-bond acceptors (Lipinski definition) is 5. The lowest BCUT2D eigenvalue weighted by Crippen LogP contribution is -2.32. The Morgan fingerprint density at radius 2 is 1.88 bits per heavy atom. The van der Waals surface area contributed by atoms with Gasteiger partial charge in [0.2, 0.25) is 0 Å². The number of rotatable bonds is 3. The number of phenolic OH excluding ortho intramolecular Hbond substituents is 1. The normalized spacial score (nSPS) is 10.8. The van der Waals surface area contributed by atoms with Crippen molar-refractivity contribution in [2.45, 2.75) is 12.5 Å². The van der Waals surface area contributed by atoms with E-state index >= 15 is 0 Å². The SMILES string of the molecule is N=S=O.NC(Cc1ccc(O)cc1)C(=O)O. The second kappa shape index (κ2) is 7.55.